The van der Waals surface area contributed by atoms with Crippen LogP contribution in [0.5, 0.6) is 0 Å². The fourth-order valence-corrected chi connectivity index (χ4v) is 3.60. The van der Waals surface area contributed by atoms with E-state index >= 15 is 0 Å². The fraction of sp³-hybridized carbons (Fsp3) is 0.556. The second-order valence-corrected chi connectivity index (χ2v) is 6.61. The molecule has 0 aromatic heterocycles. The van der Waals surface area contributed by atoms with Gasteiger partial charge in [0.15, 0.2) is 0 Å². The van der Waals surface area contributed by atoms with Gasteiger partial charge in [0.1, 0.15) is 0 Å². The van der Waals surface area contributed by atoms with Gasteiger partial charge in [0.25, 0.3) is 5.91 Å². The Hall–Kier alpha value is -1.59. The van der Waals surface area contributed by atoms with Gasteiger partial charge in [-0.25, -0.2) is 0 Å². The molecule has 2 N–H and O–H groups in total. The number of hydrogen-bond acceptors (Lipinski definition) is 3. The predicted molar refractivity (Wildman–Crippen MR) is 96.1 cm³/mol. The second-order valence-electron chi connectivity index (χ2n) is 6.61. The van der Waals surface area contributed by atoms with Crippen molar-refractivity contribution in [3.63, 3.8) is 0 Å². The SMILES string of the molecule is Cl.NC1CCC(C(=O)N2CCCN(C(=O)c3ccccc3)CC2)C1. The normalized spacial score (nSPS) is 24.2. The lowest BCUT2D eigenvalue weighted by molar-refractivity contribution is -0.135. The van der Waals surface area contributed by atoms with Gasteiger partial charge in [-0.2, -0.15) is 0 Å². The summed E-state index contributed by atoms with van der Waals surface area (Å²) < 4.78 is 0. The minimum Gasteiger partial charge on any atom is -0.341 e. The minimum absolute atomic E-state index is 0. The summed E-state index contributed by atoms with van der Waals surface area (Å²) >= 11 is 0. The van der Waals surface area contributed by atoms with Crippen LogP contribution in [0.1, 0.15) is 36.0 Å². The van der Waals surface area contributed by atoms with E-state index in [9.17, 15) is 9.59 Å². The highest BCUT2D eigenvalue weighted by molar-refractivity contribution is 5.94. The van der Waals surface area contributed by atoms with E-state index in [1.54, 1.807) is 0 Å². The summed E-state index contributed by atoms with van der Waals surface area (Å²) in [6.07, 6.45) is 3.50. The summed E-state index contributed by atoms with van der Waals surface area (Å²) in [7, 11) is 0. The third-order valence-corrected chi connectivity index (χ3v) is 4.94. The number of nitrogens with zero attached hydrogens (tertiary/aromatic N) is 2. The first-order valence-electron chi connectivity index (χ1n) is 8.54. The van der Waals surface area contributed by atoms with Crippen molar-refractivity contribution in [1.82, 2.24) is 9.80 Å². The molecule has 2 fully saturated rings. The number of amides is 2. The first-order valence-corrected chi connectivity index (χ1v) is 8.54. The maximum Gasteiger partial charge on any atom is 0.253 e. The Balaban J connectivity index is 0.00000208. The molecule has 2 unspecified atom stereocenters. The number of halogens is 1. The van der Waals surface area contributed by atoms with E-state index in [0.29, 0.717) is 25.2 Å². The molecule has 1 aromatic rings. The van der Waals surface area contributed by atoms with E-state index in [-0.39, 0.29) is 36.2 Å². The Morgan fingerprint density at radius 3 is 2.29 bits per heavy atom. The second kappa shape index (κ2) is 8.49. The first-order chi connectivity index (χ1) is 11.1. The molecule has 1 heterocycles. The number of carbonyl (C=O) groups is 2. The maximum atomic E-state index is 12.6. The highest BCUT2D eigenvalue weighted by atomic mass is 35.5. The van der Waals surface area contributed by atoms with E-state index in [4.69, 9.17) is 5.73 Å². The van der Waals surface area contributed by atoms with Crippen LogP contribution in [0.3, 0.4) is 0 Å². The van der Waals surface area contributed by atoms with Crippen LogP contribution in [0.2, 0.25) is 0 Å². The van der Waals surface area contributed by atoms with Gasteiger partial charge >= 0.3 is 0 Å². The van der Waals surface area contributed by atoms with Gasteiger partial charge in [0.05, 0.1) is 0 Å². The highest BCUT2D eigenvalue weighted by Crippen LogP contribution is 2.26. The van der Waals surface area contributed by atoms with Gasteiger partial charge in [-0.3, -0.25) is 9.59 Å². The third kappa shape index (κ3) is 4.28. The molecule has 24 heavy (non-hydrogen) atoms. The summed E-state index contributed by atoms with van der Waals surface area (Å²) in [6, 6.07) is 9.53. The van der Waals surface area contributed by atoms with Crippen molar-refractivity contribution in [3.8, 4) is 0 Å². The average Bonchev–Trinajstić information content (AvgIpc) is 2.87. The molecular weight excluding hydrogens is 326 g/mol. The van der Waals surface area contributed by atoms with Crippen molar-refractivity contribution in [2.45, 2.75) is 31.7 Å². The zero-order valence-electron chi connectivity index (χ0n) is 13.9. The molecule has 5 nitrogen and oxygen atoms in total. The van der Waals surface area contributed by atoms with Crippen molar-refractivity contribution >= 4 is 24.2 Å². The third-order valence-electron chi connectivity index (χ3n) is 4.94. The molecule has 2 aliphatic rings. The molecule has 1 saturated heterocycles. The molecule has 0 spiro atoms. The lowest BCUT2D eigenvalue weighted by Crippen LogP contribution is -2.39. The summed E-state index contributed by atoms with van der Waals surface area (Å²) in [5, 5.41) is 0. The Kier molecular flexibility index (Phi) is 6.63. The lowest BCUT2D eigenvalue weighted by atomic mass is 10.1. The van der Waals surface area contributed by atoms with Crippen LogP contribution in [0.25, 0.3) is 0 Å². The van der Waals surface area contributed by atoms with Crippen LogP contribution in [0.15, 0.2) is 30.3 Å². The molecule has 6 heteroatoms. The minimum atomic E-state index is 0. The van der Waals surface area contributed by atoms with Crippen LogP contribution < -0.4 is 5.73 Å². The summed E-state index contributed by atoms with van der Waals surface area (Å²) in [5.41, 5.74) is 6.64. The number of benzene rings is 1. The van der Waals surface area contributed by atoms with Crippen LogP contribution in [0.4, 0.5) is 0 Å². The maximum absolute atomic E-state index is 12.6. The molecule has 1 saturated carbocycles. The van der Waals surface area contributed by atoms with E-state index in [1.807, 2.05) is 40.1 Å². The molecule has 2 amide bonds. The molecular formula is C18H26ClN3O2. The van der Waals surface area contributed by atoms with Crippen LogP contribution in [0, 0.1) is 5.92 Å². The van der Waals surface area contributed by atoms with Gasteiger partial charge in [-0.05, 0) is 37.8 Å². The Morgan fingerprint density at radius 1 is 0.958 bits per heavy atom. The standard InChI is InChI=1S/C18H25N3O2.ClH/c19-16-8-7-15(13-16)18(23)21-10-4-9-20(11-12-21)17(22)14-5-2-1-3-6-14;/h1-3,5-6,15-16H,4,7-13,19H2;1H. The monoisotopic (exact) mass is 351 g/mol. The fourth-order valence-electron chi connectivity index (χ4n) is 3.60. The quantitative estimate of drug-likeness (QED) is 0.885. The molecule has 1 aliphatic carbocycles. The zero-order chi connectivity index (χ0) is 16.2. The molecule has 132 valence electrons. The Morgan fingerprint density at radius 2 is 1.62 bits per heavy atom. The van der Waals surface area contributed by atoms with Gasteiger partial charge in [-0.1, -0.05) is 18.2 Å². The average molecular weight is 352 g/mol. The molecule has 0 bridgehead atoms. The topological polar surface area (TPSA) is 66.6 Å². The summed E-state index contributed by atoms with van der Waals surface area (Å²) in [4.78, 5) is 28.9. The molecule has 1 aliphatic heterocycles. The summed E-state index contributed by atoms with van der Waals surface area (Å²) in [5.74, 6) is 0.371. The summed E-state index contributed by atoms with van der Waals surface area (Å²) in [6.45, 7) is 2.69. The molecule has 2 atom stereocenters. The molecule has 0 radical (unpaired) electrons. The van der Waals surface area contributed by atoms with Crippen LogP contribution in [-0.2, 0) is 4.79 Å². The largest absolute Gasteiger partial charge is 0.341 e. The van der Waals surface area contributed by atoms with Crippen molar-refractivity contribution < 1.29 is 9.59 Å². The van der Waals surface area contributed by atoms with Gasteiger partial charge in [0.2, 0.25) is 5.91 Å². The van der Waals surface area contributed by atoms with Crippen molar-refractivity contribution in [2.24, 2.45) is 11.7 Å². The van der Waals surface area contributed by atoms with Gasteiger partial charge in [0, 0.05) is 43.7 Å². The first kappa shape index (κ1) is 18.7. The smallest absolute Gasteiger partial charge is 0.253 e. The van der Waals surface area contributed by atoms with Crippen molar-refractivity contribution in [1.29, 1.82) is 0 Å². The van der Waals surface area contributed by atoms with Crippen LogP contribution in [-0.4, -0.2) is 53.8 Å². The highest BCUT2D eigenvalue weighted by Gasteiger charge is 2.32. The van der Waals surface area contributed by atoms with Crippen molar-refractivity contribution in [3.05, 3.63) is 35.9 Å². The van der Waals surface area contributed by atoms with Gasteiger partial charge in [-0.15, -0.1) is 12.4 Å². The van der Waals surface area contributed by atoms with Crippen LogP contribution >= 0.6 is 12.4 Å². The van der Waals surface area contributed by atoms with E-state index in [2.05, 4.69) is 0 Å². The zero-order valence-corrected chi connectivity index (χ0v) is 14.7. The Bertz CT molecular complexity index is 567. The van der Waals surface area contributed by atoms with Gasteiger partial charge < -0.3 is 15.5 Å². The molecule has 1 aromatic carbocycles. The van der Waals surface area contributed by atoms with Crippen molar-refractivity contribution in [2.75, 3.05) is 26.2 Å². The number of hydrogen-bond donors (Lipinski definition) is 1. The van der Waals surface area contributed by atoms with E-state index < -0.39 is 0 Å². The predicted octanol–water partition coefficient (Wildman–Crippen LogP) is 1.91. The number of carbonyl (C=O) groups excluding carboxylic acids is 2. The number of nitrogens with two attached hydrogens (primary N) is 1. The lowest BCUT2D eigenvalue weighted by Gasteiger charge is -2.24. The molecule has 3 rings (SSSR count). The Labute approximate surface area is 149 Å². The number of rotatable bonds is 2. The van der Waals surface area contributed by atoms with E-state index in [0.717, 1.165) is 32.2 Å². The van der Waals surface area contributed by atoms with E-state index in [1.165, 1.54) is 0 Å².